The van der Waals surface area contributed by atoms with Crippen molar-refractivity contribution in [2.75, 3.05) is 5.73 Å². The van der Waals surface area contributed by atoms with E-state index in [4.69, 9.17) is 13.0 Å². The Bertz CT molecular complexity index is 517. The molecule has 0 amide bonds. The van der Waals surface area contributed by atoms with Crippen molar-refractivity contribution in [3.8, 4) is 0 Å². The van der Waals surface area contributed by atoms with E-state index in [1.165, 1.54) is 12.1 Å². The molecule has 0 spiro atoms. The first-order valence-corrected chi connectivity index (χ1v) is 3.78. The minimum Gasteiger partial charge on any atom is -0.398 e. The molecule has 4 heteroatoms. The molecular weight excluding hydrogens is 168 g/mol. The molecule has 4 nitrogen and oxygen atoms in total. The van der Waals surface area contributed by atoms with E-state index in [2.05, 4.69) is 5.16 Å². The molecule has 1 aromatic heterocycles. The maximum atomic E-state index is 9.26. The SMILES string of the molecule is [2H]C([2H])(O)c1cc2c(C)noc2cc1N. The van der Waals surface area contributed by atoms with Gasteiger partial charge in [-0.15, -0.1) is 0 Å². The van der Waals surface area contributed by atoms with Crippen molar-refractivity contribution in [2.24, 2.45) is 0 Å². The number of aryl methyl sites for hydroxylation is 1. The quantitative estimate of drug-likeness (QED) is 0.647. The summed E-state index contributed by atoms with van der Waals surface area (Å²) in [7, 11) is 0. The van der Waals surface area contributed by atoms with Gasteiger partial charge in [-0.1, -0.05) is 5.16 Å². The van der Waals surface area contributed by atoms with E-state index in [0.717, 1.165) is 0 Å². The Labute approximate surface area is 77.8 Å². The van der Waals surface area contributed by atoms with Gasteiger partial charge in [-0.3, -0.25) is 0 Å². The number of rotatable bonds is 1. The van der Waals surface area contributed by atoms with Crippen LogP contribution >= 0.6 is 0 Å². The molecule has 68 valence electrons. The predicted molar refractivity (Wildman–Crippen MR) is 49.1 cm³/mol. The smallest absolute Gasteiger partial charge is 0.169 e. The third kappa shape index (κ3) is 1.15. The highest BCUT2D eigenvalue weighted by molar-refractivity contribution is 5.83. The number of nitrogens with two attached hydrogens (primary N) is 1. The molecule has 0 saturated heterocycles. The van der Waals surface area contributed by atoms with Gasteiger partial charge >= 0.3 is 0 Å². The van der Waals surface area contributed by atoms with Gasteiger partial charge in [0.1, 0.15) is 0 Å². The van der Waals surface area contributed by atoms with Crippen molar-refractivity contribution in [2.45, 2.75) is 13.5 Å². The Morgan fingerprint density at radius 2 is 2.46 bits per heavy atom. The van der Waals surface area contributed by atoms with E-state index in [1.54, 1.807) is 6.92 Å². The normalized spacial score (nSPS) is 14.3. The molecule has 1 aromatic carbocycles. The number of fused-ring (bicyclic) bond motifs is 1. The number of nitrogens with zero attached hydrogens (tertiary/aromatic N) is 1. The number of nitrogen functional groups attached to an aromatic ring is 1. The molecule has 0 fully saturated rings. The summed E-state index contributed by atoms with van der Waals surface area (Å²) in [6.07, 6.45) is 0. The number of anilines is 1. The van der Waals surface area contributed by atoms with E-state index in [9.17, 15) is 5.11 Å². The first-order chi connectivity index (χ1) is 6.89. The maximum absolute atomic E-state index is 9.26. The second-order valence-corrected chi connectivity index (χ2v) is 2.82. The largest absolute Gasteiger partial charge is 0.398 e. The third-order valence-electron chi connectivity index (χ3n) is 1.94. The number of benzene rings is 1. The van der Waals surface area contributed by atoms with Crippen molar-refractivity contribution in [3.05, 3.63) is 23.4 Å². The number of aromatic nitrogens is 1. The second kappa shape index (κ2) is 2.74. The Balaban J connectivity index is 2.76. The number of aliphatic hydroxyl groups is 1. The molecule has 0 unspecified atom stereocenters. The summed E-state index contributed by atoms with van der Waals surface area (Å²) in [6, 6.07) is 2.91. The van der Waals surface area contributed by atoms with Crippen LogP contribution in [0.5, 0.6) is 0 Å². The first kappa shape index (κ1) is 5.99. The molecule has 2 aromatic rings. The Morgan fingerprint density at radius 1 is 1.69 bits per heavy atom. The topological polar surface area (TPSA) is 72.3 Å². The molecule has 2 rings (SSSR count). The highest BCUT2D eigenvalue weighted by atomic mass is 16.5. The van der Waals surface area contributed by atoms with Gasteiger partial charge in [-0.2, -0.15) is 0 Å². The number of hydrogen-bond donors (Lipinski definition) is 2. The van der Waals surface area contributed by atoms with E-state index in [1.807, 2.05) is 0 Å². The average Bonchev–Trinajstić information content (AvgIpc) is 2.44. The second-order valence-electron chi connectivity index (χ2n) is 2.82. The van der Waals surface area contributed by atoms with Crippen molar-refractivity contribution in [1.29, 1.82) is 0 Å². The van der Waals surface area contributed by atoms with Gasteiger partial charge in [0.05, 0.1) is 15.0 Å². The van der Waals surface area contributed by atoms with Crippen LogP contribution in [0.1, 0.15) is 14.0 Å². The summed E-state index contributed by atoms with van der Waals surface area (Å²) in [5, 5.41) is 13.6. The van der Waals surface area contributed by atoms with Gasteiger partial charge in [-0.25, -0.2) is 0 Å². The van der Waals surface area contributed by atoms with Gasteiger partial charge in [0.2, 0.25) is 0 Å². The number of hydrogen-bond acceptors (Lipinski definition) is 4. The molecule has 0 bridgehead atoms. The standard InChI is InChI=1S/C9H10N2O2/c1-5-7-2-6(4-12)8(10)3-9(7)13-11-5/h2-3,12H,4,10H2,1H3/i4D2. The van der Waals surface area contributed by atoms with Crippen molar-refractivity contribution in [3.63, 3.8) is 0 Å². The van der Waals surface area contributed by atoms with Gasteiger partial charge in [0, 0.05) is 22.7 Å². The Morgan fingerprint density at radius 3 is 3.15 bits per heavy atom. The van der Waals surface area contributed by atoms with Gasteiger partial charge in [0.25, 0.3) is 0 Å². The lowest BCUT2D eigenvalue weighted by atomic mass is 10.1. The summed E-state index contributed by atoms with van der Waals surface area (Å²) in [5.41, 5.74) is 6.89. The van der Waals surface area contributed by atoms with Crippen LogP contribution in [0.15, 0.2) is 16.7 Å². The Hall–Kier alpha value is -1.55. The zero-order valence-corrected chi connectivity index (χ0v) is 7.03. The van der Waals surface area contributed by atoms with E-state index in [-0.39, 0.29) is 11.3 Å². The molecule has 0 aliphatic heterocycles. The predicted octanol–water partition coefficient (Wildman–Crippen LogP) is 1.21. The van der Waals surface area contributed by atoms with Crippen LogP contribution in [0, 0.1) is 6.92 Å². The summed E-state index contributed by atoms with van der Waals surface area (Å²) < 4.78 is 19.4. The van der Waals surface area contributed by atoms with Gasteiger partial charge < -0.3 is 15.4 Å². The van der Waals surface area contributed by atoms with E-state index in [0.29, 0.717) is 16.7 Å². The van der Waals surface area contributed by atoms with Crippen LogP contribution in [0.3, 0.4) is 0 Å². The van der Waals surface area contributed by atoms with Crippen LogP contribution in [0.25, 0.3) is 11.0 Å². The van der Waals surface area contributed by atoms with Crippen LogP contribution in [-0.4, -0.2) is 10.3 Å². The third-order valence-corrected chi connectivity index (χ3v) is 1.94. The average molecular weight is 180 g/mol. The van der Waals surface area contributed by atoms with Crippen molar-refractivity contribution < 1.29 is 12.4 Å². The lowest BCUT2D eigenvalue weighted by Gasteiger charge is -2.00. The highest BCUT2D eigenvalue weighted by Crippen LogP contribution is 2.24. The van der Waals surface area contributed by atoms with Crippen LogP contribution in [0.2, 0.25) is 0 Å². The zero-order chi connectivity index (χ0) is 11.2. The summed E-state index contributed by atoms with van der Waals surface area (Å²) in [5.74, 6) is 0. The highest BCUT2D eigenvalue weighted by Gasteiger charge is 2.07. The summed E-state index contributed by atoms with van der Waals surface area (Å²) in [6.45, 7) is -0.721. The minimum atomic E-state index is -2.46. The molecule has 0 aliphatic carbocycles. The van der Waals surface area contributed by atoms with Crippen LogP contribution < -0.4 is 5.73 Å². The van der Waals surface area contributed by atoms with Gasteiger partial charge in [0.15, 0.2) is 5.58 Å². The van der Waals surface area contributed by atoms with E-state index >= 15 is 0 Å². The molecule has 0 aliphatic rings. The van der Waals surface area contributed by atoms with Crippen LogP contribution in [-0.2, 0) is 6.56 Å². The Kier molecular flexibility index (Phi) is 1.26. The monoisotopic (exact) mass is 180 g/mol. The fraction of sp³-hybridized carbons (Fsp3) is 0.222. The lowest BCUT2D eigenvalue weighted by Crippen LogP contribution is -1.93. The molecule has 0 saturated carbocycles. The fourth-order valence-corrected chi connectivity index (χ4v) is 1.22. The van der Waals surface area contributed by atoms with Crippen molar-refractivity contribution in [1.82, 2.24) is 5.16 Å². The van der Waals surface area contributed by atoms with Crippen molar-refractivity contribution >= 4 is 16.7 Å². The molecule has 0 atom stereocenters. The molecule has 3 N–H and O–H groups in total. The first-order valence-electron chi connectivity index (χ1n) is 4.78. The summed E-state index contributed by atoms with van der Waals surface area (Å²) >= 11 is 0. The molecule has 0 radical (unpaired) electrons. The maximum Gasteiger partial charge on any atom is 0.169 e. The molecule has 13 heavy (non-hydrogen) atoms. The molecular formula is C9H10N2O2. The van der Waals surface area contributed by atoms with Gasteiger partial charge in [-0.05, 0) is 13.0 Å². The zero-order valence-electron chi connectivity index (χ0n) is 9.03. The molecule has 1 heterocycles. The van der Waals surface area contributed by atoms with Crippen LogP contribution in [0.4, 0.5) is 5.69 Å². The summed E-state index contributed by atoms with van der Waals surface area (Å²) in [4.78, 5) is 0. The lowest BCUT2D eigenvalue weighted by molar-refractivity contribution is 0.282. The van der Waals surface area contributed by atoms with E-state index < -0.39 is 6.56 Å². The minimum absolute atomic E-state index is 0.0290. The fourth-order valence-electron chi connectivity index (χ4n) is 1.22.